The van der Waals surface area contributed by atoms with Crippen LogP contribution in [0.3, 0.4) is 0 Å². The van der Waals surface area contributed by atoms with Crippen molar-refractivity contribution in [1.82, 2.24) is 5.32 Å². The zero-order valence-corrected chi connectivity index (χ0v) is 11.9. The zero-order valence-electron chi connectivity index (χ0n) is 9.54. The minimum absolute atomic E-state index is 0.563. The molecule has 0 aromatic carbocycles. The van der Waals surface area contributed by atoms with E-state index in [0.29, 0.717) is 6.04 Å². The van der Waals surface area contributed by atoms with Crippen LogP contribution >= 0.6 is 27.3 Å². The van der Waals surface area contributed by atoms with Crippen LogP contribution in [0.4, 0.5) is 0 Å². The van der Waals surface area contributed by atoms with E-state index in [1.165, 1.54) is 21.5 Å². The largest absolute Gasteiger partial charge is 0.383 e. The van der Waals surface area contributed by atoms with Gasteiger partial charge in [-0.15, -0.1) is 11.3 Å². The molecule has 1 aromatic rings. The summed E-state index contributed by atoms with van der Waals surface area (Å²) >= 11 is 5.31. The molecule has 0 aliphatic heterocycles. The van der Waals surface area contributed by atoms with Gasteiger partial charge in [-0.25, -0.2) is 0 Å². The van der Waals surface area contributed by atoms with Crippen molar-refractivity contribution in [2.75, 3.05) is 20.3 Å². The van der Waals surface area contributed by atoms with Crippen molar-refractivity contribution >= 4 is 27.3 Å². The van der Waals surface area contributed by atoms with E-state index in [-0.39, 0.29) is 0 Å². The first-order chi connectivity index (χ1) is 7.79. The molecule has 16 heavy (non-hydrogen) atoms. The second-order valence-corrected chi connectivity index (χ2v) is 6.86. The van der Waals surface area contributed by atoms with Crippen LogP contribution in [0.5, 0.6) is 0 Å². The molecule has 1 saturated carbocycles. The summed E-state index contributed by atoms with van der Waals surface area (Å²) in [5.74, 6) is 0.857. The lowest BCUT2D eigenvalue weighted by Gasteiger charge is -2.16. The van der Waals surface area contributed by atoms with E-state index >= 15 is 0 Å². The first kappa shape index (κ1) is 12.6. The van der Waals surface area contributed by atoms with Gasteiger partial charge in [0.15, 0.2) is 0 Å². The maximum absolute atomic E-state index is 5.24. The van der Waals surface area contributed by atoms with Gasteiger partial charge in [-0.3, -0.25) is 0 Å². The van der Waals surface area contributed by atoms with Gasteiger partial charge in [0, 0.05) is 24.6 Å². The van der Waals surface area contributed by atoms with E-state index in [1.54, 1.807) is 7.11 Å². The number of hydrogen-bond acceptors (Lipinski definition) is 3. The molecule has 0 bridgehead atoms. The van der Waals surface area contributed by atoms with Crippen LogP contribution in [-0.4, -0.2) is 26.3 Å². The van der Waals surface area contributed by atoms with E-state index in [0.717, 1.165) is 25.5 Å². The lowest BCUT2D eigenvalue weighted by atomic mass is 10.2. The Bertz CT molecular complexity index is 325. The van der Waals surface area contributed by atoms with Crippen LogP contribution in [0.25, 0.3) is 0 Å². The maximum atomic E-state index is 5.24. The third-order valence-electron chi connectivity index (χ3n) is 2.94. The molecule has 1 aliphatic carbocycles. The van der Waals surface area contributed by atoms with Crippen LogP contribution in [0.2, 0.25) is 0 Å². The quantitative estimate of drug-likeness (QED) is 0.836. The van der Waals surface area contributed by atoms with Crippen LogP contribution < -0.4 is 5.32 Å². The molecule has 2 rings (SSSR count). The maximum Gasteiger partial charge on any atom is 0.0701 e. The van der Waals surface area contributed by atoms with Crippen molar-refractivity contribution in [2.24, 2.45) is 5.92 Å². The van der Waals surface area contributed by atoms with Crippen LogP contribution in [0, 0.1) is 5.92 Å². The van der Waals surface area contributed by atoms with Gasteiger partial charge >= 0.3 is 0 Å². The summed E-state index contributed by atoms with van der Waals surface area (Å²) < 4.78 is 6.47. The second-order valence-electron chi connectivity index (χ2n) is 4.31. The summed E-state index contributed by atoms with van der Waals surface area (Å²) in [6.07, 6.45) is 3.85. The highest BCUT2D eigenvalue weighted by atomic mass is 79.9. The normalized spacial score (nSPS) is 17.6. The molecule has 1 aromatic heterocycles. The summed E-state index contributed by atoms with van der Waals surface area (Å²) in [6.45, 7) is 1.90. The van der Waals surface area contributed by atoms with Crippen LogP contribution in [0.15, 0.2) is 15.9 Å². The molecule has 1 unspecified atom stereocenters. The van der Waals surface area contributed by atoms with Gasteiger partial charge in [-0.1, -0.05) is 0 Å². The van der Waals surface area contributed by atoms with Gasteiger partial charge in [0.1, 0.15) is 0 Å². The Morgan fingerprint density at radius 3 is 2.94 bits per heavy atom. The monoisotopic (exact) mass is 303 g/mol. The van der Waals surface area contributed by atoms with Gasteiger partial charge in [0.05, 0.1) is 10.4 Å². The first-order valence-electron chi connectivity index (χ1n) is 5.76. The SMILES string of the molecule is COCC(NCCc1ccc(Br)s1)C1CC1. The van der Waals surface area contributed by atoms with Gasteiger partial charge < -0.3 is 10.1 Å². The van der Waals surface area contributed by atoms with E-state index in [9.17, 15) is 0 Å². The Labute approximate surface area is 110 Å². The third-order valence-corrected chi connectivity index (χ3v) is 4.63. The van der Waals surface area contributed by atoms with Crippen molar-refractivity contribution in [1.29, 1.82) is 0 Å². The molecule has 0 spiro atoms. The van der Waals surface area contributed by atoms with Crippen molar-refractivity contribution in [2.45, 2.75) is 25.3 Å². The molecule has 1 N–H and O–H groups in total. The number of ether oxygens (including phenoxy) is 1. The standard InChI is InChI=1S/C12H18BrNOS/c1-15-8-11(9-2-3-9)14-7-6-10-4-5-12(13)16-10/h4-5,9,11,14H,2-3,6-8H2,1H3. The highest BCUT2D eigenvalue weighted by molar-refractivity contribution is 9.11. The Balaban J connectivity index is 1.69. The fraction of sp³-hybridized carbons (Fsp3) is 0.667. The van der Waals surface area contributed by atoms with E-state index in [1.807, 2.05) is 11.3 Å². The van der Waals surface area contributed by atoms with Crippen molar-refractivity contribution in [3.63, 3.8) is 0 Å². The van der Waals surface area contributed by atoms with Gasteiger partial charge in [-0.05, 0) is 53.2 Å². The van der Waals surface area contributed by atoms with Crippen molar-refractivity contribution < 1.29 is 4.74 Å². The van der Waals surface area contributed by atoms with Crippen molar-refractivity contribution in [3.05, 3.63) is 20.8 Å². The van der Waals surface area contributed by atoms with E-state index in [2.05, 4.69) is 33.4 Å². The molecule has 0 amide bonds. The Morgan fingerprint density at radius 1 is 1.56 bits per heavy atom. The summed E-state index contributed by atoms with van der Waals surface area (Å²) in [6, 6.07) is 4.88. The van der Waals surface area contributed by atoms with Crippen LogP contribution in [-0.2, 0) is 11.2 Å². The first-order valence-corrected chi connectivity index (χ1v) is 7.37. The fourth-order valence-electron chi connectivity index (χ4n) is 1.91. The third kappa shape index (κ3) is 3.84. The summed E-state index contributed by atoms with van der Waals surface area (Å²) in [5.41, 5.74) is 0. The minimum atomic E-state index is 0.563. The Morgan fingerprint density at radius 2 is 2.38 bits per heavy atom. The molecule has 4 heteroatoms. The Kier molecular flexibility index (Phi) is 4.82. The Hall–Kier alpha value is 0.1000. The smallest absolute Gasteiger partial charge is 0.0701 e. The predicted molar refractivity (Wildman–Crippen MR) is 72.1 cm³/mol. The summed E-state index contributed by atoms with van der Waals surface area (Å²) in [4.78, 5) is 1.44. The predicted octanol–water partition coefficient (Wildman–Crippen LogP) is 3.07. The minimum Gasteiger partial charge on any atom is -0.383 e. The number of rotatable bonds is 7. The lowest BCUT2D eigenvalue weighted by Crippen LogP contribution is -2.36. The topological polar surface area (TPSA) is 21.3 Å². The van der Waals surface area contributed by atoms with Gasteiger partial charge in [-0.2, -0.15) is 0 Å². The number of thiophene rings is 1. The number of halogens is 1. The molecule has 0 saturated heterocycles. The lowest BCUT2D eigenvalue weighted by molar-refractivity contribution is 0.158. The molecule has 1 fully saturated rings. The number of nitrogens with one attached hydrogen (secondary N) is 1. The van der Waals surface area contributed by atoms with Crippen LogP contribution in [0.1, 0.15) is 17.7 Å². The molecule has 1 atom stereocenters. The molecule has 1 aliphatic rings. The van der Waals surface area contributed by atoms with E-state index in [4.69, 9.17) is 4.74 Å². The molecule has 0 radical (unpaired) electrons. The molecule has 90 valence electrons. The molecule has 2 nitrogen and oxygen atoms in total. The number of hydrogen-bond donors (Lipinski definition) is 1. The summed E-state index contributed by atoms with van der Waals surface area (Å²) in [5, 5.41) is 3.61. The fourth-order valence-corrected chi connectivity index (χ4v) is 3.39. The number of methoxy groups -OCH3 is 1. The molecule has 1 heterocycles. The van der Waals surface area contributed by atoms with Gasteiger partial charge in [0.25, 0.3) is 0 Å². The average molecular weight is 304 g/mol. The van der Waals surface area contributed by atoms with Gasteiger partial charge in [0.2, 0.25) is 0 Å². The summed E-state index contributed by atoms with van der Waals surface area (Å²) in [7, 11) is 1.79. The zero-order chi connectivity index (χ0) is 11.4. The molecular formula is C12H18BrNOS. The second kappa shape index (κ2) is 6.15. The molecular weight excluding hydrogens is 286 g/mol. The highest BCUT2D eigenvalue weighted by Gasteiger charge is 2.30. The average Bonchev–Trinajstić information content (AvgIpc) is 3.02. The van der Waals surface area contributed by atoms with Crippen molar-refractivity contribution in [3.8, 4) is 0 Å². The highest BCUT2D eigenvalue weighted by Crippen LogP contribution is 2.32. The van der Waals surface area contributed by atoms with E-state index < -0.39 is 0 Å².